The molecule has 1 heterocycles. The SMILES string of the molecule is COC(=O)CCCc1nnc(-c2ccc(NC(=O)Nc3ccccc3Cl)cc2)s1. The molecule has 2 N–H and O–H groups in total. The van der Waals surface area contributed by atoms with Gasteiger partial charge >= 0.3 is 12.0 Å². The predicted octanol–water partition coefficient (Wildman–Crippen LogP) is 5.00. The molecule has 2 amide bonds. The number of aryl methyl sites for hydroxylation is 1. The Kier molecular flexibility index (Phi) is 7.15. The van der Waals surface area contributed by atoms with Gasteiger partial charge in [-0.25, -0.2) is 4.79 Å². The Hall–Kier alpha value is -2.97. The van der Waals surface area contributed by atoms with Crippen LogP contribution in [0.4, 0.5) is 16.2 Å². The van der Waals surface area contributed by atoms with Crippen LogP contribution >= 0.6 is 22.9 Å². The molecule has 9 heteroatoms. The third-order valence-electron chi connectivity index (χ3n) is 3.98. The van der Waals surface area contributed by atoms with E-state index in [1.54, 1.807) is 36.4 Å². The highest BCUT2D eigenvalue weighted by atomic mass is 35.5. The van der Waals surface area contributed by atoms with Crippen LogP contribution in [-0.4, -0.2) is 29.3 Å². The molecule has 0 radical (unpaired) electrons. The molecule has 0 unspecified atom stereocenters. The largest absolute Gasteiger partial charge is 0.469 e. The molecule has 29 heavy (non-hydrogen) atoms. The van der Waals surface area contributed by atoms with Gasteiger partial charge in [0.2, 0.25) is 0 Å². The van der Waals surface area contributed by atoms with Gasteiger partial charge in [0.05, 0.1) is 17.8 Å². The smallest absolute Gasteiger partial charge is 0.323 e. The van der Waals surface area contributed by atoms with E-state index < -0.39 is 0 Å². The monoisotopic (exact) mass is 430 g/mol. The Morgan fingerprint density at radius 2 is 1.83 bits per heavy atom. The first-order chi connectivity index (χ1) is 14.0. The molecule has 2 aromatic carbocycles. The van der Waals surface area contributed by atoms with Crippen LogP contribution < -0.4 is 10.6 Å². The number of nitrogens with one attached hydrogen (secondary N) is 2. The fourth-order valence-electron chi connectivity index (χ4n) is 2.50. The van der Waals surface area contributed by atoms with Crippen LogP contribution in [0.25, 0.3) is 10.6 Å². The number of amides is 2. The number of nitrogens with zero attached hydrogens (tertiary/aromatic N) is 2. The van der Waals surface area contributed by atoms with Crippen molar-refractivity contribution in [1.29, 1.82) is 0 Å². The lowest BCUT2D eigenvalue weighted by molar-refractivity contribution is -0.140. The second-order valence-electron chi connectivity index (χ2n) is 6.07. The number of rotatable bonds is 7. The summed E-state index contributed by atoms with van der Waals surface area (Å²) in [6, 6.07) is 14.0. The number of ether oxygens (including phenoxy) is 1. The van der Waals surface area contributed by atoms with Crippen molar-refractivity contribution in [2.45, 2.75) is 19.3 Å². The number of carbonyl (C=O) groups excluding carboxylic acids is 2. The standard InChI is InChI=1S/C20H19ClN4O3S/c1-28-18(26)8-4-7-17-24-25-19(29-17)13-9-11-14(12-10-13)22-20(27)23-16-6-3-2-5-15(16)21/h2-3,5-6,9-12H,4,7-8H2,1H3,(H2,22,23,27). The molecule has 0 saturated carbocycles. The van der Waals surface area contributed by atoms with Crippen molar-refractivity contribution >= 4 is 46.3 Å². The zero-order valence-electron chi connectivity index (χ0n) is 15.6. The fraction of sp³-hybridized carbons (Fsp3) is 0.200. The molecule has 0 atom stereocenters. The quantitative estimate of drug-likeness (QED) is 0.514. The summed E-state index contributed by atoms with van der Waals surface area (Å²) in [4.78, 5) is 23.3. The summed E-state index contributed by atoms with van der Waals surface area (Å²) in [5.41, 5.74) is 2.08. The number of esters is 1. The fourth-order valence-corrected chi connectivity index (χ4v) is 3.57. The first-order valence-corrected chi connectivity index (χ1v) is 10.1. The van der Waals surface area contributed by atoms with Crippen LogP contribution in [0, 0.1) is 0 Å². The third kappa shape index (κ3) is 6.00. The molecule has 0 aliphatic carbocycles. The summed E-state index contributed by atoms with van der Waals surface area (Å²) in [6.45, 7) is 0. The van der Waals surface area contributed by atoms with Gasteiger partial charge in [-0.05, 0) is 42.8 Å². The summed E-state index contributed by atoms with van der Waals surface area (Å²) in [6.07, 6.45) is 1.71. The topological polar surface area (TPSA) is 93.2 Å². The number of hydrogen-bond donors (Lipinski definition) is 2. The minimum atomic E-state index is -0.380. The lowest BCUT2D eigenvalue weighted by atomic mass is 10.2. The Morgan fingerprint density at radius 1 is 1.07 bits per heavy atom. The van der Waals surface area contributed by atoms with Gasteiger partial charge in [0.1, 0.15) is 10.0 Å². The molecular formula is C20H19ClN4O3S. The number of methoxy groups -OCH3 is 1. The van der Waals surface area contributed by atoms with E-state index in [-0.39, 0.29) is 12.0 Å². The maximum atomic E-state index is 12.1. The number of urea groups is 1. The molecule has 7 nitrogen and oxygen atoms in total. The van der Waals surface area contributed by atoms with Gasteiger partial charge < -0.3 is 15.4 Å². The molecule has 0 saturated heterocycles. The van der Waals surface area contributed by atoms with Crippen LogP contribution in [0.3, 0.4) is 0 Å². The van der Waals surface area contributed by atoms with E-state index in [2.05, 4.69) is 25.6 Å². The zero-order valence-corrected chi connectivity index (χ0v) is 17.2. The van der Waals surface area contributed by atoms with Crippen molar-refractivity contribution in [3.8, 4) is 10.6 Å². The van der Waals surface area contributed by atoms with E-state index in [1.165, 1.54) is 18.4 Å². The summed E-state index contributed by atoms with van der Waals surface area (Å²) >= 11 is 7.52. The molecule has 0 aliphatic rings. The highest BCUT2D eigenvalue weighted by molar-refractivity contribution is 7.14. The van der Waals surface area contributed by atoms with Gasteiger partial charge in [-0.15, -0.1) is 10.2 Å². The Morgan fingerprint density at radius 3 is 2.55 bits per heavy atom. The second kappa shape index (κ2) is 9.99. The molecule has 0 bridgehead atoms. The van der Waals surface area contributed by atoms with Crippen LogP contribution in [0.1, 0.15) is 17.8 Å². The third-order valence-corrected chi connectivity index (χ3v) is 5.34. The van der Waals surface area contributed by atoms with Crippen molar-refractivity contribution in [1.82, 2.24) is 10.2 Å². The molecule has 150 valence electrons. The van der Waals surface area contributed by atoms with Crippen LogP contribution in [0.5, 0.6) is 0 Å². The second-order valence-corrected chi connectivity index (χ2v) is 7.54. The first kappa shape index (κ1) is 20.8. The molecule has 1 aromatic heterocycles. The van der Waals surface area contributed by atoms with Crippen molar-refractivity contribution in [2.75, 3.05) is 17.7 Å². The van der Waals surface area contributed by atoms with E-state index in [9.17, 15) is 9.59 Å². The number of halogens is 1. The van der Waals surface area contributed by atoms with Gasteiger partial charge in [0.15, 0.2) is 0 Å². The Labute approximate surface area is 177 Å². The lowest BCUT2D eigenvalue weighted by Gasteiger charge is -2.09. The van der Waals surface area contributed by atoms with E-state index >= 15 is 0 Å². The maximum absolute atomic E-state index is 12.1. The maximum Gasteiger partial charge on any atom is 0.323 e. The van der Waals surface area contributed by atoms with E-state index in [1.807, 2.05) is 12.1 Å². The minimum absolute atomic E-state index is 0.226. The molecule has 3 aromatic rings. The molecule has 3 rings (SSSR count). The van der Waals surface area contributed by atoms with Gasteiger partial charge in [-0.1, -0.05) is 35.1 Å². The van der Waals surface area contributed by atoms with Gasteiger partial charge in [-0.3, -0.25) is 4.79 Å². The van der Waals surface area contributed by atoms with Crippen LogP contribution in [0.15, 0.2) is 48.5 Å². The average molecular weight is 431 g/mol. The van der Waals surface area contributed by atoms with Crippen LogP contribution in [-0.2, 0) is 16.0 Å². The first-order valence-electron chi connectivity index (χ1n) is 8.87. The number of para-hydroxylation sites is 1. The van der Waals surface area contributed by atoms with Crippen molar-refractivity contribution < 1.29 is 14.3 Å². The van der Waals surface area contributed by atoms with E-state index in [0.29, 0.717) is 35.7 Å². The van der Waals surface area contributed by atoms with Gasteiger partial charge in [-0.2, -0.15) is 0 Å². The van der Waals surface area contributed by atoms with Crippen LogP contribution in [0.2, 0.25) is 5.02 Å². The average Bonchev–Trinajstić information content (AvgIpc) is 3.19. The summed E-state index contributed by atoms with van der Waals surface area (Å²) in [5.74, 6) is -0.226. The van der Waals surface area contributed by atoms with Gasteiger partial charge in [0.25, 0.3) is 0 Å². The zero-order chi connectivity index (χ0) is 20.6. The predicted molar refractivity (Wildman–Crippen MR) is 114 cm³/mol. The number of benzene rings is 2. The Balaban J connectivity index is 1.55. The lowest BCUT2D eigenvalue weighted by Crippen LogP contribution is -2.19. The van der Waals surface area contributed by atoms with Crippen molar-refractivity contribution in [3.05, 3.63) is 58.6 Å². The summed E-state index contributed by atoms with van der Waals surface area (Å²) < 4.78 is 4.63. The van der Waals surface area contributed by atoms with Crippen molar-refractivity contribution in [2.24, 2.45) is 0 Å². The molecule has 0 spiro atoms. The molecular weight excluding hydrogens is 412 g/mol. The minimum Gasteiger partial charge on any atom is -0.469 e. The highest BCUT2D eigenvalue weighted by Gasteiger charge is 2.09. The highest BCUT2D eigenvalue weighted by Crippen LogP contribution is 2.26. The van der Waals surface area contributed by atoms with E-state index in [0.717, 1.165) is 15.6 Å². The Bertz CT molecular complexity index is 991. The summed E-state index contributed by atoms with van der Waals surface area (Å²) in [5, 5.41) is 15.9. The number of anilines is 2. The molecule has 0 fully saturated rings. The molecule has 0 aliphatic heterocycles. The number of hydrogen-bond acceptors (Lipinski definition) is 6. The number of carbonyl (C=O) groups is 2. The number of aromatic nitrogens is 2. The van der Waals surface area contributed by atoms with Crippen molar-refractivity contribution in [3.63, 3.8) is 0 Å². The van der Waals surface area contributed by atoms with E-state index in [4.69, 9.17) is 11.6 Å². The van der Waals surface area contributed by atoms with Gasteiger partial charge in [0, 0.05) is 24.1 Å². The summed E-state index contributed by atoms with van der Waals surface area (Å²) in [7, 11) is 1.38. The normalized spacial score (nSPS) is 10.4.